The maximum atomic E-state index is 6.44. The van der Waals surface area contributed by atoms with Crippen LogP contribution in [-0.2, 0) is 4.43 Å². The lowest BCUT2D eigenvalue weighted by Gasteiger charge is -2.36. The first-order valence-electron chi connectivity index (χ1n) is 10.0. The van der Waals surface area contributed by atoms with Gasteiger partial charge < -0.3 is 13.9 Å². The van der Waals surface area contributed by atoms with Gasteiger partial charge in [0.2, 0.25) is 5.88 Å². The number of hydrogen-bond acceptors (Lipinski definition) is 7. The van der Waals surface area contributed by atoms with Gasteiger partial charge in [-0.3, -0.25) is 0 Å². The zero-order valence-electron chi connectivity index (χ0n) is 18.7. The molecule has 0 N–H and O–H groups in total. The van der Waals surface area contributed by atoms with E-state index in [1.54, 1.807) is 13.3 Å². The molecule has 7 nitrogen and oxygen atoms in total. The van der Waals surface area contributed by atoms with Crippen molar-refractivity contribution in [2.45, 2.75) is 58.2 Å². The highest BCUT2D eigenvalue weighted by Gasteiger charge is 2.43. The molecule has 1 aliphatic rings. The third-order valence-electron chi connectivity index (χ3n) is 6.19. The van der Waals surface area contributed by atoms with Gasteiger partial charge in [0, 0.05) is 12.8 Å². The van der Waals surface area contributed by atoms with Crippen LogP contribution in [-0.4, -0.2) is 49.3 Å². The van der Waals surface area contributed by atoms with E-state index in [4.69, 9.17) is 13.9 Å². The summed E-state index contributed by atoms with van der Waals surface area (Å²) in [5, 5.41) is 8.97. The van der Waals surface area contributed by atoms with Crippen LogP contribution in [0, 0.1) is 12.8 Å². The van der Waals surface area contributed by atoms with Crippen molar-refractivity contribution in [1.82, 2.24) is 20.2 Å². The zero-order chi connectivity index (χ0) is 21.4. The molecule has 1 saturated carbocycles. The maximum absolute atomic E-state index is 6.44. The van der Waals surface area contributed by atoms with E-state index in [9.17, 15) is 0 Å². The van der Waals surface area contributed by atoms with Crippen molar-refractivity contribution < 1.29 is 13.9 Å². The fourth-order valence-corrected chi connectivity index (χ4v) is 4.16. The molecule has 2 atom stereocenters. The van der Waals surface area contributed by atoms with Gasteiger partial charge in [-0.05, 0) is 54.9 Å². The third kappa shape index (κ3) is 4.58. The van der Waals surface area contributed by atoms with Crippen LogP contribution in [0.3, 0.4) is 0 Å². The summed E-state index contributed by atoms with van der Waals surface area (Å²) >= 11 is 0. The van der Waals surface area contributed by atoms with E-state index in [0.717, 1.165) is 18.7 Å². The Bertz CT molecular complexity index is 883. The van der Waals surface area contributed by atoms with E-state index >= 15 is 0 Å². The van der Waals surface area contributed by atoms with E-state index in [-0.39, 0.29) is 11.0 Å². The van der Waals surface area contributed by atoms with E-state index < -0.39 is 8.32 Å². The van der Waals surface area contributed by atoms with Gasteiger partial charge in [0.1, 0.15) is 5.69 Å². The molecule has 158 valence electrons. The number of rotatable bonds is 7. The second-order valence-corrected chi connectivity index (χ2v) is 14.0. The van der Waals surface area contributed by atoms with Crippen molar-refractivity contribution in [3.8, 4) is 23.1 Å². The Morgan fingerprint density at radius 2 is 1.86 bits per heavy atom. The van der Waals surface area contributed by atoms with Gasteiger partial charge in [0.25, 0.3) is 0 Å². The molecule has 0 unspecified atom stereocenters. The molecule has 2 aromatic rings. The summed E-state index contributed by atoms with van der Waals surface area (Å²) < 4.78 is 16.9. The predicted octanol–water partition coefficient (Wildman–Crippen LogP) is 4.38. The minimum absolute atomic E-state index is 0.226. The van der Waals surface area contributed by atoms with Crippen LogP contribution in [0.15, 0.2) is 12.3 Å². The normalized spacial score (nSPS) is 19.2. The first kappa shape index (κ1) is 21.6. The fourth-order valence-electron chi connectivity index (χ4n) is 3.10. The van der Waals surface area contributed by atoms with Crippen molar-refractivity contribution in [2.24, 2.45) is 5.92 Å². The highest BCUT2D eigenvalue weighted by atomic mass is 28.4. The largest absolute Gasteiger partial charge is 0.480 e. The molecule has 0 amide bonds. The Morgan fingerprint density at radius 1 is 1.14 bits per heavy atom. The zero-order valence-corrected chi connectivity index (χ0v) is 19.7. The molecule has 0 aromatic carbocycles. The minimum Gasteiger partial charge on any atom is -0.480 e. The van der Waals surface area contributed by atoms with Crippen LogP contribution < -0.4 is 9.47 Å². The topological polar surface area (TPSA) is 79.2 Å². The van der Waals surface area contributed by atoms with Gasteiger partial charge in [-0.25, -0.2) is 4.98 Å². The molecule has 2 aromatic heterocycles. The molecule has 3 rings (SSSR count). The molecule has 0 radical (unpaired) electrons. The van der Waals surface area contributed by atoms with Crippen molar-refractivity contribution in [3.63, 3.8) is 0 Å². The average molecular weight is 417 g/mol. The van der Waals surface area contributed by atoms with Crippen LogP contribution in [0.2, 0.25) is 18.1 Å². The summed E-state index contributed by atoms with van der Waals surface area (Å²) in [7, 11) is 1.37. The summed E-state index contributed by atoms with van der Waals surface area (Å²) in [6, 6.07) is 2.35. The van der Waals surface area contributed by atoms with Crippen molar-refractivity contribution in [1.29, 1.82) is 0 Å². The molecule has 1 fully saturated rings. The minimum atomic E-state index is -1.73. The molecule has 0 aliphatic heterocycles. The van der Waals surface area contributed by atoms with Crippen LogP contribution in [0.4, 0.5) is 0 Å². The molecule has 29 heavy (non-hydrogen) atoms. The first-order valence-corrected chi connectivity index (χ1v) is 12.9. The molecule has 8 heteroatoms. The number of ether oxygens (including phenoxy) is 2. The summed E-state index contributed by atoms with van der Waals surface area (Å²) in [5.41, 5.74) is 3.59. The monoisotopic (exact) mass is 416 g/mol. The fraction of sp³-hybridized carbons (Fsp3) is 0.619. The highest BCUT2D eigenvalue weighted by molar-refractivity contribution is 6.74. The van der Waals surface area contributed by atoms with Crippen LogP contribution in [0.1, 0.15) is 44.4 Å². The van der Waals surface area contributed by atoms with Gasteiger partial charge in [-0.1, -0.05) is 20.8 Å². The number of nitrogens with zero attached hydrogens (tertiary/aromatic N) is 4. The smallest absolute Gasteiger partial charge is 0.319 e. The Labute approximate surface area is 174 Å². The van der Waals surface area contributed by atoms with Gasteiger partial charge in [0.15, 0.2) is 8.32 Å². The molecular weight excluding hydrogens is 384 g/mol. The molecule has 2 heterocycles. The summed E-state index contributed by atoms with van der Waals surface area (Å²) in [6.07, 6.45) is 2.79. The number of aryl methyl sites for hydroxylation is 1. The number of aromatic nitrogens is 4. The van der Waals surface area contributed by atoms with E-state index in [1.807, 2.05) is 6.92 Å². The van der Waals surface area contributed by atoms with Gasteiger partial charge in [-0.2, -0.15) is 10.1 Å². The van der Waals surface area contributed by atoms with E-state index in [2.05, 4.69) is 60.1 Å². The van der Waals surface area contributed by atoms with Crippen molar-refractivity contribution >= 4 is 8.32 Å². The lowest BCUT2D eigenvalue weighted by atomic mass is 10.1. The lowest BCUT2D eigenvalue weighted by Crippen LogP contribution is -2.41. The van der Waals surface area contributed by atoms with Crippen molar-refractivity contribution in [3.05, 3.63) is 23.5 Å². The van der Waals surface area contributed by atoms with Gasteiger partial charge in [0.05, 0.1) is 25.5 Å². The second kappa shape index (κ2) is 7.99. The summed E-state index contributed by atoms with van der Waals surface area (Å²) in [6.45, 7) is 14.3. The van der Waals surface area contributed by atoms with Gasteiger partial charge in [-0.15, -0.1) is 5.10 Å². The molecule has 0 saturated heterocycles. The van der Waals surface area contributed by atoms with Gasteiger partial charge >= 0.3 is 6.01 Å². The predicted molar refractivity (Wildman–Crippen MR) is 115 cm³/mol. The average Bonchev–Trinajstić information content (AvgIpc) is 3.45. The van der Waals surface area contributed by atoms with Crippen LogP contribution in [0.5, 0.6) is 11.9 Å². The van der Waals surface area contributed by atoms with Crippen LogP contribution in [0.25, 0.3) is 11.3 Å². The lowest BCUT2D eigenvalue weighted by molar-refractivity contribution is 0.270. The number of hydrogen-bond donors (Lipinski definition) is 0. The maximum Gasteiger partial charge on any atom is 0.319 e. The first-order chi connectivity index (χ1) is 13.6. The molecule has 0 bridgehead atoms. The Balaban J connectivity index is 1.78. The molecule has 0 spiro atoms. The summed E-state index contributed by atoms with van der Waals surface area (Å²) in [4.78, 5) is 8.45. The molecular formula is C21H32N4O3Si. The SMILES string of the molecule is COc1ncc(-c2cc([C@H]3C[C@@H]3CO[Si](C)(C)C(C)(C)C)c(C)nn2)c(OC)n1. The summed E-state index contributed by atoms with van der Waals surface area (Å²) in [5.74, 6) is 1.42. The highest BCUT2D eigenvalue weighted by Crippen LogP contribution is 2.50. The third-order valence-corrected chi connectivity index (χ3v) is 10.7. The van der Waals surface area contributed by atoms with Crippen molar-refractivity contribution in [2.75, 3.05) is 20.8 Å². The Hall–Kier alpha value is -2.06. The van der Waals surface area contributed by atoms with E-state index in [1.165, 1.54) is 12.7 Å². The quantitative estimate of drug-likeness (QED) is 0.620. The standard InChI is InChI=1S/C21H32N4O3Si/c1-13-15(16-9-14(16)12-28-29(7,8)21(2,3)4)10-18(25-24-13)17-11-22-20(27-6)23-19(17)26-5/h10-11,14,16H,9,12H2,1-8H3/t14-,16+/m1/s1. The van der Waals surface area contributed by atoms with E-state index in [0.29, 0.717) is 29.0 Å². The molecule has 1 aliphatic carbocycles. The second-order valence-electron chi connectivity index (χ2n) is 9.22. The number of methoxy groups -OCH3 is 2. The Kier molecular flexibility index (Phi) is 5.96. The van der Waals surface area contributed by atoms with Crippen LogP contribution >= 0.6 is 0 Å². The Morgan fingerprint density at radius 3 is 2.48 bits per heavy atom.